The molecule has 0 atom stereocenters. The highest BCUT2D eigenvalue weighted by molar-refractivity contribution is 6.05. The zero-order valence-electron chi connectivity index (χ0n) is 10.6. The molecule has 0 bridgehead atoms. The van der Waals surface area contributed by atoms with Gasteiger partial charge in [0.05, 0.1) is 5.39 Å². The number of hydrogen-bond donors (Lipinski definition) is 0. The summed E-state index contributed by atoms with van der Waals surface area (Å²) in [5, 5.41) is 0.192. The van der Waals surface area contributed by atoms with E-state index in [1.807, 2.05) is 0 Å². The normalized spacial score (nSPS) is 10.9. The van der Waals surface area contributed by atoms with Crippen molar-refractivity contribution in [2.45, 2.75) is 13.8 Å². The van der Waals surface area contributed by atoms with Crippen molar-refractivity contribution >= 4 is 16.8 Å². The quantitative estimate of drug-likeness (QED) is 0.672. The Morgan fingerprint density at radius 2 is 1.83 bits per heavy atom. The average molecular weight is 247 g/mol. The third kappa shape index (κ3) is 1.57. The fraction of sp³-hybridized carbons (Fsp3) is 0.333. The van der Waals surface area contributed by atoms with Gasteiger partial charge in [-0.2, -0.15) is 0 Å². The summed E-state index contributed by atoms with van der Waals surface area (Å²) >= 11 is 0. The predicted molar refractivity (Wildman–Crippen MR) is 67.0 cm³/mol. The lowest BCUT2D eigenvalue weighted by atomic mass is 10.1. The van der Waals surface area contributed by atoms with E-state index in [0.29, 0.717) is 11.3 Å². The van der Waals surface area contributed by atoms with Crippen LogP contribution in [0.3, 0.4) is 0 Å². The highest BCUT2D eigenvalue weighted by atomic mass is 16.2. The van der Waals surface area contributed by atoms with Crippen LogP contribution in [-0.2, 0) is 14.1 Å². The van der Waals surface area contributed by atoms with Gasteiger partial charge in [0.15, 0.2) is 5.78 Å². The Hall–Kier alpha value is -2.24. The van der Waals surface area contributed by atoms with Crippen molar-refractivity contribution in [1.29, 1.82) is 0 Å². The van der Waals surface area contributed by atoms with Crippen LogP contribution in [0.15, 0.2) is 15.7 Å². The molecule has 2 aromatic rings. The topological polar surface area (TPSA) is 74.0 Å². The van der Waals surface area contributed by atoms with E-state index in [1.54, 1.807) is 13.0 Å². The van der Waals surface area contributed by atoms with Crippen molar-refractivity contribution in [2.75, 3.05) is 0 Å². The molecular formula is C12H13N3O3. The van der Waals surface area contributed by atoms with Crippen molar-refractivity contribution in [3.8, 4) is 0 Å². The number of rotatable bonds is 1. The lowest BCUT2D eigenvalue weighted by Crippen LogP contribution is -2.38. The minimum atomic E-state index is -0.495. The summed E-state index contributed by atoms with van der Waals surface area (Å²) in [4.78, 5) is 39.7. The molecule has 6 heteroatoms. The molecule has 0 amide bonds. The highest BCUT2D eigenvalue weighted by Crippen LogP contribution is 2.13. The lowest BCUT2D eigenvalue weighted by Gasteiger charge is -2.09. The van der Waals surface area contributed by atoms with Crippen molar-refractivity contribution in [1.82, 2.24) is 14.1 Å². The molecule has 0 spiro atoms. The number of carbonyl (C=O) groups is 1. The molecular weight excluding hydrogens is 234 g/mol. The predicted octanol–water partition coefficient (Wildman–Crippen LogP) is 0.143. The fourth-order valence-electron chi connectivity index (χ4n) is 1.96. The summed E-state index contributed by atoms with van der Waals surface area (Å²) < 4.78 is 2.25. The molecule has 2 rings (SSSR count). The van der Waals surface area contributed by atoms with Gasteiger partial charge in [-0.1, -0.05) is 0 Å². The largest absolute Gasteiger partial charge is 0.332 e. The monoisotopic (exact) mass is 247 g/mol. The molecule has 6 nitrogen and oxygen atoms in total. The summed E-state index contributed by atoms with van der Waals surface area (Å²) in [7, 11) is 2.91. The van der Waals surface area contributed by atoms with Crippen LogP contribution < -0.4 is 11.2 Å². The molecule has 0 aromatic carbocycles. The second-order valence-electron chi connectivity index (χ2n) is 4.27. The van der Waals surface area contributed by atoms with Gasteiger partial charge < -0.3 is 0 Å². The van der Waals surface area contributed by atoms with Gasteiger partial charge in [-0.3, -0.25) is 18.7 Å². The van der Waals surface area contributed by atoms with Gasteiger partial charge in [0, 0.05) is 25.4 Å². The van der Waals surface area contributed by atoms with Crippen LogP contribution in [0.1, 0.15) is 23.0 Å². The third-order valence-electron chi connectivity index (χ3n) is 2.92. The van der Waals surface area contributed by atoms with Gasteiger partial charge in [0.1, 0.15) is 5.65 Å². The smallest absolute Gasteiger partial charge is 0.294 e. The SMILES string of the molecule is CC(=O)c1cc(C)nc2c1c(=O)n(C)c(=O)n2C. The van der Waals surface area contributed by atoms with Gasteiger partial charge in [0.25, 0.3) is 5.56 Å². The second-order valence-corrected chi connectivity index (χ2v) is 4.27. The maximum atomic E-state index is 12.1. The molecule has 0 fully saturated rings. The molecule has 18 heavy (non-hydrogen) atoms. The molecule has 0 unspecified atom stereocenters. The minimum Gasteiger partial charge on any atom is -0.294 e. The second kappa shape index (κ2) is 3.90. The molecule has 0 aliphatic rings. The van der Waals surface area contributed by atoms with Crippen molar-refractivity contribution in [3.05, 3.63) is 38.2 Å². The Morgan fingerprint density at radius 1 is 1.22 bits per heavy atom. The van der Waals surface area contributed by atoms with Gasteiger partial charge in [0.2, 0.25) is 0 Å². The van der Waals surface area contributed by atoms with Crippen LogP contribution in [0.4, 0.5) is 0 Å². The first-order chi connectivity index (χ1) is 8.34. The van der Waals surface area contributed by atoms with E-state index in [0.717, 1.165) is 4.57 Å². The molecule has 0 saturated heterocycles. The Morgan fingerprint density at radius 3 is 2.39 bits per heavy atom. The Balaban J connectivity index is 3.21. The van der Waals surface area contributed by atoms with Crippen molar-refractivity contribution < 1.29 is 4.79 Å². The summed E-state index contributed by atoms with van der Waals surface area (Å²) in [6.07, 6.45) is 0. The van der Waals surface area contributed by atoms with E-state index < -0.39 is 11.2 Å². The van der Waals surface area contributed by atoms with Gasteiger partial charge >= 0.3 is 5.69 Å². The van der Waals surface area contributed by atoms with E-state index in [4.69, 9.17) is 0 Å². The Labute approximate surface area is 103 Å². The molecule has 2 heterocycles. The van der Waals surface area contributed by atoms with E-state index in [-0.39, 0.29) is 16.8 Å². The van der Waals surface area contributed by atoms with E-state index in [1.165, 1.54) is 25.6 Å². The first kappa shape index (κ1) is 12.2. The number of carbonyl (C=O) groups excluding carboxylic acids is 1. The van der Waals surface area contributed by atoms with E-state index in [2.05, 4.69) is 4.98 Å². The first-order valence-electron chi connectivity index (χ1n) is 5.43. The van der Waals surface area contributed by atoms with Crippen LogP contribution in [0, 0.1) is 6.92 Å². The number of aromatic nitrogens is 3. The molecule has 0 saturated carbocycles. The minimum absolute atomic E-state index is 0.192. The molecule has 0 aliphatic heterocycles. The third-order valence-corrected chi connectivity index (χ3v) is 2.92. The maximum Gasteiger partial charge on any atom is 0.332 e. The maximum absolute atomic E-state index is 12.1. The zero-order valence-corrected chi connectivity index (χ0v) is 10.6. The van der Waals surface area contributed by atoms with E-state index >= 15 is 0 Å². The molecule has 0 radical (unpaired) electrons. The lowest BCUT2D eigenvalue weighted by molar-refractivity contribution is 0.101. The number of aryl methyl sites for hydroxylation is 2. The number of fused-ring (bicyclic) bond motifs is 1. The first-order valence-corrected chi connectivity index (χ1v) is 5.43. The van der Waals surface area contributed by atoms with Gasteiger partial charge in [-0.25, -0.2) is 9.78 Å². The number of pyridine rings is 1. The summed E-state index contributed by atoms with van der Waals surface area (Å²) in [6.45, 7) is 3.10. The molecule has 0 aliphatic carbocycles. The Bertz CT molecular complexity index is 784. The van der Waals surface area contributed by atoms with Crippen LogP contribution in [-0.4, -0.2) is 19.9 Å². The van der Waals surface area contributed by atoms with Gasteiger partial charge in [-0.05, 0) is 19.9 Å². The fourth-order valence-corrected chi connectivity index (χ4v) is 1.96. The standard InChI is InChI=1S/C12H13N3O3/c1-6-5-8(7(2)16)9-10(13-6)14(3)12(18)15(4)11(9)17/h5H,1-4H3. The van der Waals surface area contributed by atoms with E-state index in [9.17, 15) is 14.4 Å². The van der Waals surface area contributed by atoms with Gasteiger partial charge in [-0.15, -0.1) is 0 Å². The van der Waals surface area contributed by atoms with Crippen LogP contribution >= 0.6 is 0 Å². The summed E-state index contributed by atoms with van der Waals surface area (Å²) in [5.41, 5.74) is 0.184. The van der Waals surface area contributed by atoms with Crippen LogP contribution in [0.25, 0.3) is 11.0 Å². The molecule has 94 valence electrons. The highest BCUT2D eigenvalue weighted by Gasteiger charge is 2.16. The number of Topliss-reactive ketones (excluding diaryl/α,β-unsaturated/α-hetero) is 1. The number of nitrogens with zero attached hydrogens (tertiary/aromatic N) is 3. The van der Waals surface area contributed by atoms with Crippen molar-refractivity contribution in [3.63, 3.8) is 0 Å². The number of ketones is 1. The van der Waals surface area contributed by atoms with Crippen LogP contribution in [0.5, 0.6) is 0 Å². The summed E-state index contributed by atoms with van der Waals surface area (Å²) in [6, 6.07) is 1.57. The Kier molecular flexibility index (Phi) is 2.65. The average Bonchev–Trinajstić information content (AvgIpc) is 2.32. The van der Waals surface area contributed by atoms with Crippen molar-refractivity contribution in [2.24, 2.45) is 14.1 Å². The number of hydrogen-bond acceptors (Lipinski definition) is 4. The summed E-state index contributed by atoms with van der Waals surface area (Å²) in [5.74, 6) is -0.221. The molecule has 2 aromatic heterocycles. The molecule has 0 N–H and O–H groups in total. The van der Waals surface area contributed by atoms with Crippen LogP contribution in [0.2, 0.25) is 0 Å². The zero-order chi connectivity index (χ0) is 13.6.